The molecule has 0 unspecified atom stereocenters. The van der Waals surface area contributed by atoms with Crippen molar-refractivity contribution in [1.82, 2.24) is 10.6 Å². The number of benzene rings is 2. The Balaban J connectivity index is 1.95. The van der Waals surface area contributed by atoms with E-state index in [1.165, 1.54) is 0 Å². The second-order valence-corrected chi connectivity index (χ2v) is 6.49. The lowest BCUT2D eigenvalue weighted by Gasteiger charge is -2.25. The molecule has 26 heavy (non-hydrogen) atoms. The van der Waals surface area contributed by atoms with Crippen LogP contribution in [0.25, 0.3) is 0 Å². The van der Waals surface area contributed by atoms with Crippen molar-refractivity contribution >= 4 is 11.8 Å². The molecule has 2 amide bonds. The minimum atomic E-state index is -0.721. The highest BCUT2D eigenvalue weighted by Crippen LogP contribution is 2.27. The molecule has 5 heteroatoms. The van der Waals surface area contributed by atoms with Gasteiger partial charge in [-0.1, -0.05) is 72.8 Å². The smallest absolute Gasteiger partial charge is 0.244 e. The molecule has 1 heterocycles. The van der Waals surface area contributed by atoms with Gasteiger partial charge in [-0.25, -0.2) is 0 Å². The summed E-state index contributed by atoms with van der Waals surface area (Å²) in [4.78, 5) is 25.1. The molecule has 0 fully saturated rings. The van der Waals surface area contributed by atoms with Crippen LogP contribution in [-0.2, 0) is 9.59 Å². The van der Waals surface area contributed by atoms with Crippen molar-refractivity contribution < 1.29 is 9.59 Å². The maximum absolute atomic E-state index is 12.9. The molecule has 0 aliphatic carbocycles. The summed E-state index contributed by atoms with van der Waals surface area (Å²) in [7, 11) is 0. The van der Waals surface area contributed by atoms with Crippen LogP contribution in [0.3, 0.4) is 0 Å². The van der Waals surface area contributed by atoms with Gasteiger partial charge in [0.1, 0.15) is 6.04 Å². The molecule has 3 rings (SSSR count). The summed E-state index contributed by atoms with van der Waals surface area (Å²) in [6.45, 7) is 1.60. The number of rotatable bonds is 4. The van der Waals surface area contributed by atoms with Crippen LogP contribution < -0.4 is 16.4 Å². The molecule has 4 N–H and O–H groups in total. The maximum Gasteiger partial charge on any atom is 0.244 e. The van der Waals surface area contributed by atoms with Crippen molar-refractivity contribution in [3.05, 3.63) is 83.9 Å². The van der Waals surface area contributed by atoms with E-state index in [9.17, 15) is 9.59 Å². The highest BCUT2D eigenvalue weighted by Gasteiger charge is 2.33. The van der Waals surface area contributed by atoms with Crippen LogP contribution in [0.1, 0.15) is 30.0 Å². The number of hydrogen-bond acceptors (Lipinski definition) is 3. The first kappa shape index (κ1) is 17.9. The number of hydrogen-bond donors (Lipinski definition) is 3. The van der Waals surface area contributed by atoms with E-state index in [4.69, 9.17) is 5.73 Å². The lowest BCUT2D eigenvalue weighted by atomic mass is 9.90. The Labute approximate surface area is 153 Å². The molecule has 1 aliphatic rings. The van der Waals surface area contributed by atoms with Gasteiger partial charge in [0, 0.05) is 5.92 Å². The average molecular weight is 349 g/mol. The lowest BCUT2D eigenvalue weighted by Crippen LogP contribution is -2.52. The van der Waals surface area contributed by atoms with E-state index in [-0.39, 0.29) is 23.8 Å². The Morgan fingerprint density at radius 1 is 1.00 bits per heavy atom. The van der Waals surface area contributed by atoms with E-state index < -0.39 is 12.1 Å². The van der Waals surface area contributed by atoms with Crippen molar-refractivity contribution in [2.75, 3.05) is 0 Å². The second kappa shape index (κ2) is 7.97. The average Bonchev–Trinajstić information content (AvgIpc) is 2.82. The van der Waals surface area contributed by atoms with Crippen LogP contribution in [0, 0.1) is 0 Å². The van der Waals surface area contributed by atoms with E-state index in [1.54, 1.807) is 6.92 Å². The first-order valence-electron chi connectivity index (χ1n) is 8.71. The van der Waals surface area contributed by atoms with Gasteiger partial charge in [0.05, 0.1) is 12.1 Å². The highest BCUT2D eigenvalue weighted by atomic mass is 16.2. The van der Waals surface area contributed by atoms with Crippen LogP contribution >= 0.6 is 0 Å². The third kappa shape index (κ3) is 4.00. The van der Waals surface area contributed by atoms with Gasteiger partial charge in [-0.05, 0) is 18.1 Å². The van der Waals surface area contributed by atoms with Gasteiger partial charge in [-0.3, -0.25) is 9.59 Å². The van der Waals surface area contributed by atoms with Gasteiger partial charge in [-0.15, -0.1) is 0 Å². The lowest BCUT2D eigenvalue weighted by molar-refractivity contribution is -0.129. The summed E-state index contributed by atoms with van der Waals surface area (Å²) < 4.78 is 0. The summed E-state index contributed by atoms with van der Waals surface area (Å²) in [6.07, 6.45) is 3.96. The largest absolute Gasteiger partial charge is 0.344 e. The molecular formula is C21H23N3O2. The topological polar surface area (TPSA) is 84.2 Å². The quantitative estimate of drug-likeness (QED) is 0.739. The number of amides is 2. The van der Waals surface area contributed by atoms with Crippen molar-refractivity contribution in [2.24, 2.45) is 5.73 Å². The van der Waals surface area contributed by atoms with Crippen LogP contribution in [0.4, 0.5) is 0 Å². The third-order valence-electron chi connectivity index (χ3n) is 4.50. The number of nitrogens with one attached hydrogen (secondary N) is 2. The first-order valence-corrected chi connectivity index (χ1v) is 8.71. The van der Waals surface area contributed by atoms with E-state index in [0.717, 1.165) is 11.1 Å². The third-order valence-corrected chi connectivity index (χ3v) is 4.50. The first-order chi connectivity index (χ1) is 12.6. The number of carbonyl (C=O) groups is 2. The fraction of sp³-hybridized carbons (Fsp3) is 0.238. The molecule has 2 aromatic rings. The Kier molecular flexibility index (Phi) is 5.49. The highest BCUT2D eigenvalue weighted by molar-refractivity contribution is 5.91. The Morgan fingerprint density at radius 2 is 1.58 bits per heavy atom. The monoisotopic (exact) mass is 349 g/mol. The van der Waals surface area contributed by atoms with Crippen molar-refractivity contribution in [3.8, 4) is 0 Å². The van der Waals surface area contributed by atoms with E-state index in [1.807, 2.05) is 72.8 Å². The summed E-state index contributed by atoms with van der Waals surface area (Å²) in [5.74, 6) is -0.850. The molecule has 0 bridgehead atoms. The van der Waals surface area contributed by atoms with Gasteiger partial charge in [0.25, 0.3) is 0 Å². The molecular weight excluding hydrogens is 326 g/mol. The summed E-state index contributed by atoms with van der Waals surface area (Å²) in [6, 6.07) is 17.8. The molecule has 0 saturated carbocycles. The normalized spacial score (nSPS) is 23.6. The maximum atomic E-state index is 12.9. The van der Waals surface area contributed by atoms with Gasteiger partial charge >= 0.3 is 0 Å². The molecule has 4 atom stereocenters. The van der Waals surface area contributed by atoms with Crippen LogP contribution in [0.2, 0.25) is 0 Å². The summed E-state index contributed by atoms with van der Waals surface area (Å²) in [5.41, 5.74) is 7.63. The minimum Gasteiger partial charge on any atom is -0.344 e. The van der Waals surface area contributed by atoms with Crippen LogP contribution in [-0.4, -0.2) is 23.9 Å². The Hall–Kier alpha value is -2.92. The predicted molar refractivity (Wildman–Crippen MR) is 101 cm³/mol. The van der Waals surface area contributed by atoms with Crippen molar-refractivity contribution in [1.29, 1.82) is 0 Å². The summed E-state index contributed by atoms with van der Waals surface area (Å²) in [5, 5.41) is 5.81. The molecule has 0 aromatic heterocycles. The molecule has 1 aliphatic heterocycles. The minimum absolute atomic E-state index is 0.230. The molecule has 134 valence electrons. The van der Waals surface area contributed by atoms with Crippen LogP contribution in [0.15, 0.2) is 72.8 Å². The second-order valence-electron chi connectivity index (χ2n) is 6.49. The zero-order chi connectivity index (χ0) is 18.5. The molecule has 0 saturated heterocycles. The van der Waals surface area contributed by atoms with E-state index in [0.29, 0.717) is 0 Å². The Bertz CT molecular complexity index is 787. The number of nitrogens with two attached hydrogens (primary N) is 1. The fourth-order valence-electron chi connectivity index (χ4n) is 3.07. The van der Waals surface area contributed by atoms with E-state index in [2.05, 4.69) is 10.6 Å². The molecule has 0 spiro atoms. The molecule has 5 nitrogen and oxygen atoms in total. The predicted octanol–water partition coefficient (Wildman–Crippen LogP) is 2.03. The number of carbonyl (C=O) groups excluding carboxylic acids is 2. The standard InChI is InChI=1S/C21H23N3O2/c1-14(22)20(25)24-19-17(15-8-4-2-5-9-15)12-13-18(23-21(19)26)16-10-6-3-7-11-16/h2-14,17-19H,22H2,1H3,(H,23,26)(H,24,25)/t14-,17+,18-,19-/m0/s1. The van der Waals surface area contributed by atoms with Crippen molar-refractivity contribution in [2.45, 2.75) is 31.0 Å². The van der Waals surface area contributed by atoms with Gasteiger partial charge in [-0.2, -0.15) is 0 Å². The molecule has 2 aromatic carbocycles. The zero-order valence-electron chi connectivity index (χ0n) is 14.6. The molecule has 0 radical (unpaired) electrons. The zero-order valence-corrected chi connectivity index (χ0v) is 14.6. The van der Waals surface area contributed by atoms with Gasteiger partial charge in [0.15, 0.2) is 0 Å². The fourth-order valence-corrected chi connectivity index (χ4v) is 3.07. The van der Waals surface area contributed by atoms with Crippen molar-refractivity contribution in [3.63, 3.8) is 0 Å². The SMILES string of the molecule is C[C@H](N)C(=O)N[C@@H]1C(=O)N[C@H](c2ccccc2)C=C[C@@H]1c1ccccc1. The van der Waals surface area contributed by atoms with E-state index >= 15 is 0 Å². The summed E-state index contributed by atoms with van der Waals surface area (Å²) >= 11 is 0. The van der Waals surface area contributed by atoms with Crippen LogP contribution in [0.5, 0.6) is 0 Å². The van der Waals surface area contributed by atoms with Gasteiger partial charge < -0.3 is 16.4 Å². The Morgan fingerprint density at radius 3 is 2.15 bits per heavy atom. The van der Waals surface area contributed by atoms with Gasteiger partial charge in [0.2, 0.25) is 11.8 Å².